The first-order chi connectivity index (χ1) is 15.0. The van der Waals surface area contributed by atoms with Gasteiger partial charge in [-0.05, 0) is 44.2 Å². The molecule has 7 nitrogen and oxygen atoms in total. The Labute approximate surface area is 184 Å². The Balaban J connectivity index is 1.57. The van der Waals surface area contributed by atoms with E-state index < -0.39 is 0 Å². The van der Waals surface area contributed by atoms with E-state index >= 15 is 0 Å². The van der Waals surface area contributed by atoms with Gasteiger partial charge in [0.25, 0.3) is 0 Å². The standard InChI is InChI=1S/C23H23N3O4S/c1-14(2)26-22(21-12-16-7-5-6-8-18(16)30-21)24-25-23(26)31-13-17(27)15-9-10-19(28-3)20(11-15)29-4/h5-12,14H,13H2,1-4H3. The van der Waals surface area contributed by atoms with E-state index in [2.05, 4.69) is 24.0 Å². The van der Waals surface area contributed by atoms with Crippen LogP contribution in [0.1, 0.15) is 30.2 Å². The summed E-state index contributed by atoms with van der Waals surface area (Å²) in [7, 11) is 3.11. The summed E-state index contributed by atoms with van der Waals surface area (Å²) in [6.45, 7) is 4.10. The maximum atomic E-state index is 12.8. The van der Waals surface area contributed by atoms with Gasteiger partial charge in [0.05, 0.1) is 20.0 Å². The highest BCUT2D eigenvalue weighted by molar-refractivity contribution is 7.99. The van der Waals surface area contributed by atoms with Crippen molar-refractivity contribution in [2.24, 2.45) is 0 Å². The smallest absolute Gasteiger partial charge is 0.200 e. The summed E-state index contributed by atoms with van der Waals surface area (Å²) in [5, 5.41) is 10.4. The third-order valence-electron chi connectivity index (χ3n) is 4.86. The fourth-order valence-corrected chi connectivity index (χ4v) is 4.29. The molecule has 4 rings (SSSR count). The molecule has 0 radical (unpaired) electrons. The number of hydrogen-bond donors (Lipinski definition) is 0. The minimum atomic E-state index is -0.0328. The van der Waals surface area contributed by atoms with Gasteiger partial charge in [0.2, 0.25) is 5.82 Å². The quantitative estimate of drug-likeness (QED) is 0.275. The Bertz CT molecular complexity index is 1200. The van der Waals surface area contributed by atoms with Gasteiger partial charge in [-0.15, -0.1) is 10.2 Å². The van der Waals surface area contributed by atoms with Gasteiger partial charge in [-0.2, -0.15) is 0 Å². The molecule has 31 heavy (non-hydrogen) atoms. The molecule has 0 N–H and O–H groups in total. The molecule has 0 spiro atoms. The van der Waals surface area contributed by atoms with Crippen LogP contribution in [0.5, 0.6) is 11.5 Å². The lowest BCUT2D eigenvalue weighted by Crippen LogP contribution is -2.08. The van der Waals surface area contributed by atoms with Crippen molar-refractivity contribution in [3.63, 3.8) is 0 Å². The Hall–Kier alpha value is -3.26. The molecule has 0 bridgehead atoms. The Morgan fingerprint density at radius 3 is 2.55 bits per heavy atom. The largest absolute Gasteiger partial charge is 0.493 e. The Kier molecular flexibility index (Phi) is 5.99. The second-order valence-electron chi connectivity index (χ2n) is 7.20. The predicted octanol–water partition coefficient (Wildman–Crippen LogP) is 5.26. The van der Waals surface area contributed by atoms with Crippen LogP contribution in [-0.4, -0.2) is 40.5 Å². The summed E-state index contributed by atoms with van der Waals surface area (Å²) in [6, 6.07) is 15.0. The molecule has 4 aromatic rings. The van der Waals surface area contributed by atoms with Crippen LogP contribution in [-0.2, 0) is 0 Å². The zero-order valence-electron chi connectivity index (χ0n) is 17.8. The number of carbonyl (C=O) groups excluding carboxylic acids is 1. The number of aromatic nitrogens is 3. The van der Waals surface area contributed by atoms with Gasteiger partial charge < -0.3 is 13.9 Å². The first kappa shape index (κ1) is 21.0. The number of ketones is 1. The first-order valence-electron chi connectivity index (χ1n) is 9.83. The molecule has 0 saturated carbocycles. The molecule has 8 heteroatoms. The summed E-state index contributed by atoms with van der Waals surface area (Å²) in [4.78, 5) is 12.8. The summed E-state index contributed by atoms with van der Waals surface area (Å²) < 4.78 is 18.5. The van der Waals surface area contributed by atoms with E-state index in [4.69, 9.17) is 13.9 Å². The lowest BCUT2D eigenvalue weighted by atomic mass is 10.1. The lowest BCUT2D eigenvalue weighted by Gasteiger charge is -2.12. The molecule has 2 heterocycles. The highest BCUT2D eigenvalue weighted by Gasteiger charge is 2.21. The summed E-state index contributed by atoms with van der Waals surface area (Å²) in [5.74, 6) is 2.60. The number of thioether (sulfide) groups is 1. The molecule has 0 unspecified atom stereocenters. The van der Waals surface area contributed by atoms with E-state index in [9.17, 15) is 4.79 Å². The summed E-state index contributed by atoms with van der Waals surface area (Å²) >= 11 is 1.35. The molecule has 0 aliphatic heterocycles. The van der Waals surface area contributed by atoms with Crippen molar-refractivity contribution in [2.45, 2.75) is 25.0 Å². The van der Waals surface area contributed by atoms with Crippen molar-refractivity contribution in [1.29, 1.82) is 0 Å². The second-order valence-corrected chi connectivity index (χ2v) is 8.14. The number of rotatable bonds is 8. The number of fused-ring (bicyclic) bond motifs is 1. The number of carbonyl (C=O) groups is 1. The van der Waals surface area contributed by atoms with Gasteiger partial charge >= 0.3 is 0 Å². The zero-order chi connectivity index (χ0) is 22.0. The predicted molar refractivity (Wildman–Crippen MR) is 120 cm³/mol. The number of furan rings is 1. The highest BCUT2D eigenvalue weighted by atomic mass is 32.2. The zero-order valence-corrected chi connectivity index (χ0v) is 18.6. The van der Waals surface area contributed by atoms with Crippen LogP contribution >= 0.6 is 11.8 Å². The average molecular weight is 438 g/mol. The minimum absolute atomic E-state index is 0.0328. The molecule has 0 amide bonds. The van der Waals surface area contributed by atoms with Gasteiger partial charge in [-0.1, -0.05) is 30.0 Å². The Morgan fingerprint density at radius 2 is 1.84 bits per heavy atom. The topological polar surface area (TPSA) is 79.4 Å². The number of methoxy groups -OCH3 is 2. The van der Waals surface area contributed by atoms with Crippen molar-refractivity contribution < 1.29 is 18.7 Å². The fourth-order valence-electron chi connectivity index (χ4n) is 3.32. The first-order valence-corrected chi connectivity index (χ1v) is 10.8. The van der Waals surface area contributed by atoms with Gasteiger partial charge in [0.15, 0.2) is 28.2 Å². The van der Waals surface area contributed by atoms with Crippen LogP contribution in [0.3, 0.4) is 0 Å². The number of benzene rings is 2. The van der Waals surface area contributed by atoms with Crippen LogP contribution in [0.4, 0.5) is 0 Å². The van der Waals surface area contributed by atoms with Crippen LogP contribution in [0, 0.1) is 0 Å². The van der Waals surface area contributed by atoms with Crippen LogP contribution in [0.25, 0.3) is 22.6 Å². The van der Waals surface area contributed by atoms with Crippen LogP contribution in [0.15, 0.2) is 58.1 Å². The fraction of sp³-hybridized carbons (Fsp3) is 0.261. The Morgan fingerprint density at radius 1 is 1.06 bits per heavy atom. The number of para-hydroxylation sites is 1. The normalized spacial score (nSPS) is 11.3. The SMILES string of the molecule is COc1ccc(C(=O)CSc2nnc(-c3cc4ccccc4o3)n2C(C)C)cc1OC. The van der Waals surface area contributed by atoms with Crippen molar-refractivity contribution in [3.05, 3.63) is 54.1 Å². The minimum Gasteiger partial charge on any atom is -0.493 e. The third kappa shape index (κ3) is 4.16. The molecule has 0 aliphatic rings. The van der Waals surface area contributed by atoms with E-state index in [1.807, 2.05) is 34.9 Å². The van der Waals surface area contributed by atoms with E-state index in [-0.39, 0.29) is 17.6 Å². The van der Waals surface area contributed by atoms with Crippen LogP contribution < -0.4 is 9.47 Å². The monoisotopic (exact) mass is 437 g/mol. The highest BCUT2D eigenvalue weighted by Crippen LogP contribution is 2.32. The molecule has 2 aromatic heterocycles. The maximum Gasteiger partial charge on any atom is 0.200 e. The molecular formula is C23H23N3O4S. The van der Waals surface area contributed by atoms with Crippen molar-refractivity contribution in [1.82, 2.24) is 14.8 Å². The maximum absolute atomic E-state index is 12.8. The number of Topliss-reactive ketones (excluding diaryl/α,β-unsaturated/α-hetero) is 1. The number of hydrogen-bond acceptors (Lipinski definition) is 7. The molecule has 2 aromatic carbocycles. The summed E-state index contributed by atoms with van der Waals surface area (Å²) in [5.41, 5.74) is 1.35. The van der Waals surface area contributed by atoms with E-state index in [1.54, 1.807) is 32.4 Å². The number of ether oxygens (including phenoxy) is 2. The van der Waals surface area contributed by atoms with E-state index in [0.717, 1.165) is 11.0 Å². The van der Waals surface area contributed by atoms with Crippen LogP contribution in [0.2, 0.25) is 0 Å². The van der Waals surface area contributed by atoms with Crippen molar-refractivity contribution in [2.75, 3.05) is 20.0 Å². The van der Waals surface area contributed by atoms with E-state index in [1.165, 1.54) is 11.8 Å². The lowest BCUT2D eigenvalue weighted by molar-refractivity contribution is 0.102. The number of nitrogens with zero attached hydrogens (tertiary/aromatic N) is 3. The van der Waals surface area contributed by atoms with Gasteiger partial charge in [-0.3, -0.25) is 9.36 Å². The van der Waals surface area contributed by atoms with Crippen molar-refractivity contribution >= 4 is 28.5 Å². The average Bonchev–Trinajstić information content (AvgIpc) is 3.40. The third-order valence-corrected chi connectivity index (χ3v) is 5.81. The molecule has 0 aliphatic carbocycles. The molecule has 160 valence electrons. The van der Waals surface area contributed by atoms with Gasteiger partial charge in [0.1, 0.15) is 5.58 Å². The van der Waals surface area contributed by atoms with Crippen molar-refractivity contribution in [3.8, 4) is 23.1 Å². The van der Waals surface area contributed by atoms with E-state index in [0.29, 0.717) is 33.8 Å². The molecular weight excluding hydrogens is 414 g/mol. The summed E-state index contributed by atoms with van der Waals surface area (Å²) in [6.07, 6.45) is 0. The van der Waals surface area contributed by atoms with Gasteiger partial charge in [0, 0.05) is 17.0 Å². The second kappa shape index (κ2) is 8.85. The van der Waals surface area contributed by atoms with Gasteiger partial charge in [-0.25, -0.2) is 0 Å². The molecule has 0 atom stereocenters. The molecule has 0 saturated heterocycles. The molecule has 0 fully saturated rings.